The van der Waals surface area contributed by atoms with E-state index in [2.05, 4.69) is 16.0 Å². The fourth-order valence-electron chi connectivity index (χ4n) is 2.42. The lowest BCUT2D eigenvalue weighted by molar-refractivity contribution is -0.150. The summed E-state index contributed by atoms with van der Waals surface area (Å²) in [5.74, 6) is -2.04. The van der Waals surface area contributed by atoms with Crippen molar-refractivity contribution in [2.24, 2.45) is 5.92 Å². The Hall–Kier alpha value is -3.20. The summed E-state index contributed by atoms with van der Waals surface area (Å²) < 4.78 is 5.08. The van der Waals surface area contributed by atoms with Gasteiger partial charge in [0.2, 0.25) is 5.91 Å². The molecule has 0 spiro atoms. The summed E-state index contributed by atoms with van der Waals surface area (Å²) in [6.07, 6.45) is 0. The van der Waals surface area contributed by atoms with Crippen LogP contribution in [0, 0.1) is 5.92 Å². The molecule has 1 aromatic carbocycles. The van der Waals surface area contributed by atoms with Crippen molar-refractivity contribution in [3.8, 4) is 0 Å². The van der Waals surface area contributed by atoms with Gasteiger partial charge in [0, 0.05) is 18.3 Å². The number of benzene rings is 1. The third-order valence-electron chi connectivity index (χ3n) is 3.76. The van der Waals surface area contributed by atoms with E-state index < -0.39 is 24.5 Å². The monoisotopic (exact) mass is 417 g/mol. The van der Waals surface area contributed by atoms with E-state index in [1.54, 1.807) is 55.6 Å². The number of hydrogen-bond acceptors (Lipinski definition) is 6. The van der Waals surface area contributed by atoms with Gasteiger partial charge in [-0.25, -0.2) is 4.79 Å². The van der Waals surface area contributed by atoms with E-state index in [-0.39, 0.29) is 17.7 Å². The van der Waals surface area contributed by atoms with E-state index in [4.69, 9.17) is 4.74 Å². The summed E-state index contributed by atoms with van der Waals surface area (Å²) in [6, 6.07) is 9.10. The van der Waals surface area contributed by atoms with Gasteiger partial charge in [0.05, 0.1) is 4.88 Å². The second kappa shape index (κ2) is 10.4. The lowest BCUT2D eigenvalue weighted by atomic mass is 10.0. The van der Waals surface area contributed by atoms with Crippen molar-refractivity contribution < 1.29 is 23.9 Å². The first-order chi connectivity index (χ1) is 13.8. The van der Waals surface area contributed by atoms with Gasteiger partial charge in [0.1, 0.15) is 6.04 Å². The van der Waals surface area contributed by atoms with Gasteiger partial charge in [0.15, 0.2) is 6.61 Å². The fraction of sp³-hybridized carbons (Fsp3) is 0.300. The molecule has 0 saturated heterocycles. The zero-order valence-electron chi connectivity index (χ0n) is 16.4. The van der Waals surface area contributed by atoms with Crippen LogP contribution in [-0.4, -0.2) is 36.3 Å². The molecule has 1 atom stereocenters. The molecule has 2 rings (SSSR count). The lowest BCUT2D eigenvalue weighted by Gasteiger charge is -2.20. The Kier molecular flexibility index (Phi) is 7.90. The van der Waals surface area contributed by atoms with E-state index in [1.807, 2.05) is 0 Å². The van der Waals surface area contributed by atoms with Crippen LogP contribution in [0.3, 0.4) is 0 Å². The Morgan fingerprint density at radius 1 is 1.03 bits per heavy atom. The van der Waals surface area contributed by atoms with Crippen molar-refractivity contribution in [1.82, 2.24) is 5.32 Å². The molecule has 29 heavy (non-hydrogen) atoms. The third kappa shape index (κ3) is 7.04. The Balaban J connectivity index is 1.89. The van der Waals surface area contributed by atoms with Crippen LogP contribution in [-0.2, 0) is 19.1 Å². The zero-order valence-corrected chi connectivity index (χ0v) is 17.2. The highest BCUT2D eigenvalue weighted by atomic mass is 32.1. The third-order valence-corrected chi connectivity index (χ3v) is 4.63. The van der Waals surface area contributed by atoms with E-state index in [1.165, 1.54) is 18.3 Å². The Morgan fingerprint density at radius 2 is 1.72 bits per heavy atom. The average molecular weight is 417 g/mol. The van der Waals surface area contributed by atoms with Crippen LogP contribution in [0.5, 0.6) is 0 Å². The standard InChI is InChI=1S/C20H23N3O5S/c1-12(2)18(23-19(26)16-8-5-9-29-16)20(27)28-11-17(25)22-15-7-4-6-14(10-15)21-13(3)24/h4-10,12,18H,11H2,1-3H3,(H,21,24)(H,22,25)(H,23,26)/t18-/m1/s1. The largest absolute Gasteiger partial charge is 0.454 e. The van der Waals surface area contributed by atoms with Crippen LogP contribution in [0.4, 0.5) is 11.4 Å². The van der Waals surface area contributed by atoms with E-state index in [0.717, 1.165) is 0 Å². The highest BCUT2D eigenvalue weighted by Crippen LogP contribution is 2.15. The van der Waals surface area contributed by atoms with Crippen LogP contribution >= 0.6 is 11.3 Å². The summed E-state index contributed by atoms with van der Waals surface area (Å²) in [6.45, 7) is 4.43. The maximum atomic E-state index is 12.4. The Bertz CT molecular complexity index is 880. The molecule has 0 saturated carbocycles. The summed E-state index contributed by atoms with van der Waals surface area (Å²) in [4.78, 5) is 48.2. The smallest absolute Gasteiger partial charge is 0.329 e. The first-order valence-corrected chi connectivity index (χ1v) is 9.82. The molecule has 3 N–H and O–H groups in total. The van der Waals surface area contributed by atoms with Gasteiger partial charge in [0.25, 0.3) is 11.8 Å². The van der Waals surface area contributed by atoms with Crippen molar-refractivity contribution >= 4 is 46.4 Å². The molecule has 1 heterocycles. The highest BCUT2D eigenvalue weighted by Gasteiger charge is 2.27. The minimum Gasteiger partial charge on any atom is -0.454 e. The van der Waals surface area contributed by atoms with Crippen molar-refractivity contribution in [2.45, 2.75) is 26.8 Å². The average Bonchev–Trinajstić information content (AvgIpc) is 3.18. The van der Waals surface area contributed by atoms with Gasteiger partial charge in [-0.3, -0.25) is 14.4 Å². The molecule has 154 valence electrons. The Labute approximate surface area is 172 Å². The molecule has 3 amide bonds. The zero-order chi connectivity index (χ0) is 21.4. The van der Waals surface area contributed by atoms with Gasteiger partial charge in [-0.05, 0) is 35.6 Å². The number of rotatable bonds is 8. The number of ether oxygens (including phenoxy) is 1. The predicted octanol–water partition coefficient (Wildman–Crippen LogP) is 2.64. The second-order valence-corrected chi connectivity index (χ2v) is 7.54. The normalized spacial score (nSPS) is 11.4. The maximum Gasteiger partial charge on any atom is 0.329 e. The minimum absolute atomic E-state index is 0.219. The molecule has 0 unspecified atom stereocenters. The van der Waals surface area contributed by atoms with Crippen LogP contribution in [0.15, 0.2) is 41.8 Å². The number of carbonyl (C=O) groups is 4. The first-order valence-electron chi connectivity index (χ1n) is 8.94. The maximum absolute atomic E-state index is 12.4. The van der Waals surface area contributed by atoms with Crippen molar-refractivity contribution in [3.63, 3.8) is 0 Å². The molecule has 9 heteroatoms. The van der Waals surface area contributed by atoms with Gasteiger partial charge in [-0.2, -0.15) is 0 Å². The molecular formula is C20H23N3O5S. The number of anilines is 2. The number of thiophene rings is 1. The summed E-state index contributed by atoms with van der Waals surface area (Å²) in [5.41, 5.74) is 0.979. The Morgan fingerprint density at radius 3 is 2.31 bits per heavy atom. The lowest BCUT2D eigenvalue weighted by Crippen LogP contribution is -2.45. The number of amides is 3. The van der Waals surface area contributed by atoms with Crippen LogP contribution in [0.25, 0.3) is 0 Å². The predicted molar refractivity (Wildman–Crippen MR) is 111 cm³/mol. The van der Waals surface area contributed by atoms with Crippen molar-refractivity contribution in [1.29, 1.82) is 0 Å². The van der Waals surface area contributed by atoms with Crippen molar-refractivity contribution in [2.75, 3.05) is 17.2 Å². The summed E-state index contributed by atoms with van der Waals surface area (Å²) >= 11 is 1.27. The molecule has 0 fully saturated rings. The molecule has 2 aromatic rings. The van der Waals surface area contributed by atoms with E-state index >= 15 is 0 Å². The van der Waals surface area contributed by atoms with Crippen LogP contribution in [0.1, 0.15) is 30.4 Å². The second-order valence-electron chi connectivity index (χ2n) is 6.59. The molecule has 8 nitrogen and oxygen atoms in total. The summed E-state index contributed by atoms with van der Waals surface area (Å²) in [7, 11) is 0. The minimum atomic E-state index is -0.875. The fourth-order valence-corrected chi connectivity index (χ4v) is 3.05. The number of nitrogens with one attached hydrogen (secondary N) is 3. The van der Waals surface area contributed by atoms with Gasteiger partial charge in [-0.1, -0.05) is 26.0 Å². The van der Waals surface area contributed by atoms with Gasteiger partial charge < -0.3 is 20.7 Å². The van der Waals surface area contributed by atoms with Crippen LogP contribution < -0.4 is 16.0 Å². The van der Waals surface area contributed by atoms with Gasteiger partial charge in [-0.15, -0.1) is 11.3 Å². The van der Waals surface area contributed by atoms with Crippen LogP contribution in [0.2, 0.25) is 0 Å². The molecule has 1 aromatic heterocycles. The number of esters is 1. The van der Waals surface area contributed by atoms with E-state index in [0.29, 0.717) is 16.3 Å². The van der Waals surface area contributed by atoms with Gasteiger partial charge >= 0.3 is 5.97 Å². The molecule has 0 radical (unpaired) electrons. The molecule has 0 aliphatic rings. The topological polar surface area (TPSA) is 114 Å². The molecule has 0 aliphatic carbocycles. The van der Waals surface area contributed by atoms with Crippen molar-refractivity contribution in [3.05, 3.63) is 46.7 Å². The number of hydrogen-bond donors (Lipinski definition) is 3. The highest BCUT2D eigenvalue weighted by molar-refractivity contribution is 7.12. The summed E-state index contributed by atoms with van der Waals surface area (Å²) in [5, 5.41) is 9.61. The molecule has 0 bridgehead atoms. The molecule has 0 aliphatic heterocycles. The number of carbonyl (C=O) groups excluding carboxylic acids is 4. The first kappa shape index (κ1) is 22.1. The molecular weight excluding hydrogens is 394 g/mol. The van der Waals surface area contributed by atoms with E-state index in [9.17, 15) is 19.2 Å². The SMILES string of the molecule is CC(=O)Nc1cccc(NC(=O)COC(=O)[C@H](NC(=O)c2cccs2)C(C)C)c1. The quantitative estimate of drug-likeness (QED) is 0.572.